The number of hydrogen-bond donors (Lipinski definition) is 2. The first-order valence-electron chi connectivity index (χ1n) is 6.73. The van der Waals surface area contributed by atoms with Crippen LogP contribution in [0.4, 0.5) is 5.82 Å². The van der Waals surface area contributed by atoms with Crippen LogP contribution in [0.5, 0.6) is 0 Å². The summed E-state index contributed by atoms with van der Waals surface area (Å²) in [5.74, 6) is 0.457. The van der Waals surface area contributed by atoms with Crippen molar-refractivity contribution in [3.8, 4) is 0 Å². The number of amides is 1. The van der Waals surface area contributed by atoms with Gasteiger partial charge in [0.25, 0.3) is 5.91 Å². The van der Waals surface area contributed by atoms with Gasteiger partial charge in [0.05, 0.1) is 10.6 Å². The van der Waals surface area contributed by atoms with Crippen molar-refractivity contribution < 1.29 is 9.53 Å². The molecule has 0 bridgehead atoms. The van der Waals surface area contributed by atoms with Crippen LogP contribution in [-0.2, 0) is 4.74 Å². The highest BCUT2D eigenvalue weighted by Gasteiger charge is 2.28. The van der Waals surface area contributed by atoms with Crippen LogP contribution >= 0.6 is 11.6 Å². The number of hydrogen-bond acceptors (Lipinski definition) is 4. The van der Waals surface area contributed by atoms with E-state index in [2.05, 4.69) is 22.5 Å². The average Bonchev–Trinajstić information content (AvgIpc) is 2.46. The summed E-state index contributed by atoms with van der Waals surface area (Å²) < 4.78 is 5.36. The lowest BCUT2D eigenvalue weighted by Crippen LogP contribution is -2.39. The first-order chi connectivity index (χ1) is 9.54. The fourth-order valence-corrected chi connectivity index (χ4v) is 2.37. The monoisotopic (exact) mass is 297 g/mol. The molecule has 1 aliphatic heterocycles. The van der Waals surface area contributed by atoms with Crippen molar-refractivity contribution in [1.82, 2.24) is 10.3 Å². The van der Waals surface area contributed by atoms with Gasteiger partial charge in [0.1, 0.15) is 5.82 Å². The largest absolute Gasteiger partial charge is 0.381 e. The molecular weight excluding hydrogens is 278 g/mol. The zero-order valence-corrected chi connectivity index (χ0v) is 12.6. The van der Waals surface area contributed by atoms with E-state index in [9.17, 15) is 4.79 Å². The average molecular weight is 298 g/mol. The molecule has 0 spiro atoms. The molecule has 110 valence electrons. The van der Waals surface area contributed by atoms with E-state index in [0.717, 1.165) is 26.1 Å². The molecule has 0 unspecified atom stereocenters. The molecule has 0 radical (unpaired) electrons. The van der Waals surface area contributed by atoms with E-state index < -0.39 is 0 Å². The molecule has 20 heavy (non-hydrogen) atoms. The Hall–Kier alpha value is -1.33. The number of halogens is 1. The summed E-state index contributed by atoms with van der Waals surface area (Å²) in [6.07, 6.45) is 3.40. The van der Waals surface area contributed by atoms with Gasteiger partial charge in [-0.25, -0.2) is 4.98 Å². The van der Waals surface area contributed by atoms with Gasteiger partial charge in [0.15, 0.2) is 0 Å². The second-order valence-electron chi connectivity index (χ2n) is 5.41. The molecule has 5 nitrogen and oxygen atoms in total. The lowest BCUT2D eigenvalue weighted by Gasteiger charge is -2.33. The third kappa shape index (κ3) is 3.61. The van der Waals surface area contributed by atoms with Crippen molar-refractivity contribution in [2.75, 3.05) is 32.1 Å². The summed E-state index contributed by atoms with van der Waals surface area (Å²) in [5.41, 5.74) is 0.542. The van der Waals surface area contributed by atoms with E-state index >= 15 is 0 Å². The lowest BCUT2D eigenvalue weighted by atomic mass is 9.82. The number of aromatic nitrogens is 1. The van der Waals surface area contributed by atoms with E-state index in [1.165, 1.54) is 6.20 Å². The predicted molar refractivity (Wildman–Crippen MR) is 79.3 cm³/mol. The van der Waals surface area contributed by atoms with Crippen molar-refractivity contribution in [3.63, 3.8) is 0 Å². The Morgan fingerprint density at radius 2 is 2.20 bits per heavy atom. The van der Waals surface area contributed by atoms with Crippen LogP contribution in [0, 0.1) is 5.41 Å². The van der Waals surface area contributed by atoms with Gasteiger partial charge in [-0.15, -0.1) is 0 Å². The summed E-state index contributed by atoms with van der Waals surface area (Å²) in [4.78, 5) is 16.3. The van der Waals surface area contributed by atoms with Crippen LogP contribution < -0.4 is 10.6 Å². The van der Waals surface area contributed by atoms with Gasteiger partial charge in [-0.05, 0) is 24.3 Å². The highest BCUT2D eigenvalue weighted by Crippen LogP contribution is 2.29. The van der Waals surface area contributed by atoms with E-state index in [-0.39, 0.29) is 11.3 Å². The number of carbonyl (C=O) groups is 1. The van der Waals surface area contributed by atoms with E-state index in [1.807, 2.05) is 0 Å². The fourth-order valence-electron chi connectivity index (χ4n) is 2.18. The summed E-state index contributed by atoms with van der Waals surface area (Å²) in [5, 5.41) is 6.22. The maximum absolute atomic E-state index is 12.2. The van der Waals surface area contributed by atoms with Gasteiger partial charge >= 0.3 is 0 Å². The molecule has 2 rings (SSSR count). The molecule has 1 fully saturated rings. The number of nitrogens with zero attached hydrogens (tertiary/aromatic N) is 1. The van der Waals surface area contributed by atoms with Crippen LogP contribution in [0.15, 0.2) is 12.3 Å². The van der Waals surface area contributed by atoms with Crippen LogP contribution in [0.1, 0.15) is 30.1 Å². The number of carbonyl (C=O) groups excluding carboxylic acids is 1. The van der Waals surface area contributed by atoms with Crippen LogP contribution in [0.25, 0.3) is 0 Å². The van der Waals surface area contributed by atoms with Gasteiger partial charge in [-0.2, -0.15) is 0 Å². The molecule has 0 atom stereocenters. The Kier molecular flexibility index (Phi) is 4.83. The Labute approximate surface area is 124 Å². The predicted octanol–water partition coefficient (Wildman–Crippen LogP) is 2.32. The van der Waals surface area contributed by atoms with Crippen molar-refractivity contribution in [2.24, 2.45) is 5.41 Å². The normalized spacial score (nSPS) is 17.6. The van der Waals surface area contributed by atoms with E-state index in [0.29, 0.717) is 22.9 Å². The topological polar surface area (TPSA) is 63.2 Å². The molecule has 1 aliphatic rings. The summed E-state index contributed by atoms with van der Waals surface area (Å²) in [6.45, 7) is 4.31. The van der Waals surface area contributed by atoms with E-state index in [1.54, 1.807) is 13.1 Å². The molecule has 0 saturated carbocycles. The summed E-state index contributed by atoms with van der Waals surface area (Å²) in [7, 11) is 1.75. The van der Waals surface area contributed by atoms with Crippen molar-refractivity contribution in [3.05, 3.63) is 22.8 Å². The molecule has 1 amide bonds. The first-order valence-corrected chi connectivity index (χ1v) is 7.11. The fraction of sp³-hybridized carbons (Fsp3) is 0.571. The van der Waals surface area contributed by atoms with Crippen molar-refractivity contribution in [2.45, 2.75) is 19.8 Å². The molecule has 6 heteroatoms. The van der Waals surface area contributed by atoms with Gasteiger partial charge in [0.2, 0.25) is 0 Å². The highest BCUT2D eigenvalue weighted by molar-refractivity contribution is 6.33. The first kappa shape index (κ1) is 15.1. The minimum absolute atomic E-state index is 0.0965. The zero-order valence-electron chi connectivity index (χ0n) is 11.8. The smallest absolute Gasteiger partial charge is 0.253 e. The van der Waals surface area contributed by atoms with Gasteiger partial charge in [0, 0.05) is 33.0 Å². The molecule has 0 aromatic carbocycles. The van der Waals surface area contributed by atoms with Crippen molar-refractivity contribution in [1.29, 1.82) is 0 Å². The Bertz CT molecular complexity index is 487. The number of pyridine rings is 1. The Morgan fingerprint density at radius 3 is 2.85 bits per heavy atom. The summed E-state index contributed by atoms with van der Waals surface area (Å²) in [6, 6.07) is 1.66. The van der Waals surface area contributed by atoms with Crippen LogP contribution in [0.3, 0.4) is 0 Å². The molecule has 1 aromatic rings. The Morgan fingerprint density at radius 1 is 1.50 bits per heavy atom. The van der Waals surface area contributed by atoms with Crippen LogP contribution in [0.2, 0.25) is 5.02 Å². The second-order valence-corrected chi connectivity index (χ2v) is 5.81. The second kappa shape index (κ2) is 6.41. The molecule has 1 aromatic heterocycles. The minimum atomic E-state index is -0.165. The highest BCUT2D eigenvalue weighted by atomic mass is 35.5. The molecule has 0 aliphatic carbocycles. The Balaban J connectivity index is 2.01. The lowest BCUT2D eigenvalue weighted by molar-refractivity contribution is 0.0238. The van der Waals surface area contributed by atoms with Gasteiger partial charge in [-0.3, -0.25) is 4.79 Å². The molecule has 2 N–H and O–H groups in total. The number of ether oxygens (including phenoxy) is 1. The summed E-state index contributed by atoms with van der Waals surface area (Å²) >= 11 is 6.03. The maximum atomic E-state index is 12.2. The third-order valence-corrected chi connectivity index (χ3v) is 4.03. The molecule has 1 saturated heterocycles. The van der Waals surface area contributed by atoms with Crippen LogP contribution in [-0.4, -0.2) is 37.7 Å². The SMILES string of the molecule is CNc1cc(C(=O)NCC2(C)CCOCC2)c(Cl)cn1. The number of anilines is 1. The standard InChI is InChI=1S/C14H20ClN3O2/c1-14(3-5-20-6-4-14)9-18-13(19)10-7-12(16-2)17-8-11(10)15/h7-8H,3-6,9H2,1-2H3,(H,16,17)(H,18,19). The molecule has 2 heterocycles. The van der Waals surface area contributed by atoms with E-state index in [4.69, 9.17) is 16.3 Å². The molecular formula is C14H20ClN3O2. The quantitative estimate of drug-likeness (QED) is 0.895. The minimum Gasteiger partial charge on any atom is -0.381 e. The number of rotatable bonds is 4. The third-order valence-electron chi connectivity index (χ3n) is 3.73. The zero-order chi connectivity index (χ0) is 14.6. The van der Waals surface area contributed by atoms with Gasteiger partial charge in [-0.1, -0.05) is 18.5 Å². The van der Waals surface area contributed by atoms with Crippen molar-refractivity contribution >= 4 is 23.3 Å². The van der Waals surface area contributed by atoms with Gasteiger partial charge < -0.3 is 15.4 Å². The maximum Gasteiger partial charge on any atom is 0.253 e. The number of nitrogens with one attached hydrogen (secondary N) is 2.